The molecule has 1 aliphatic carbocycles. The lowest BCUT2D eigenvalue weighted by Crippen LogP contribution is -2.34. The fraction of sp³-hybridized carbons (Fsp3) is 0.474. The van der Waals surface area contributed by atoms with Gasteiger partial charge in [0.2, 0.25) is 0 Å². The van der Waals surface area contributed by atoms with Crippen LogP contribution in [0, 0.1) is 5.41 Å². The molecule has 2 unspecified atom stereocenters. The number of likely N-dealkylation sites (tertiary alicyclic amines) is 1. The summed E-state index contributed by atoms with van der Waals surface area (Å²) in [5, 5.41) is 0. The average Bonchev–Trinajstić information content (AvgIpc) is 2.65. The number of rotatable bonds is 3. The average molecular weight is 267 g/mol. The molecular formula is C19H25N. The van der Waals surface area contributed by atoms with Crippen molar-refractivity contribution in [1.29, 1.82) is 0 Å². The lowest BCUT2D eigenvalue weighted by atomic mass is 9.82. The first-order valence-electron chi connectivity index (χ1n) is 7.87. The van der Waals surface area contributed by atoms with Gasteiger partial charge in [0.1, 0.15) is 0 Å². The molecule has 0 spiro atoms. The van der Waals surface area contributed by atoms with Crippen LogP contribution in [-0.2, 0) is 13.0 Å². The van der Waals surface area contributed by atoms with Gasteiger partial charge in [-0.1, -0.05) is 62.4 Å². The zero-order valence-electron chi connectivity index (χ0n) is 12.7. The Kier molecular flexibility index (Phi) is 3.80. The number of benzene rings is 1. The molecule has 0 aromatic heterocycles. The molecule has 1 heteroatoms. The van der Waals surface area contributed by atoms with Crippen molar-refractivity contribution in [2.24, 2.45) is 5.41 Å². The minimum absolute atomic E-state index is 0.330. The highest BCUT2D eigenvalue weighted by molar-refractivity contribution is 5.24. The Labute approximate surface area is 123 Å². The normalized spacial score (nSPS) is 29.4. The highest BCUT2D eigenvalue weighted by Crippen LogP contribution is 2.40. The van der Waals surface area contributed by atoms with Crippen molar-refractivity contribution in [3.63, 3.8) is 0 Å². The van der Waals surface area contributed by atoms with Gasteiger partial charge in [-0.25, -0.2) is 0 Å². The number of fused-ring (bicyclic) bond motifs is 1. The van der Waals surface area contributed by atoms with Gasteiger partial charge in [0, 0.05) is 18.0 Å². The number of aryl methyl sites for hydroxylation is 1. The zero-order valence-corrected chi connectivity index (χ0v) is 12.7. The van der Waals surface area contributed by atoms with Crippen molar-refractivity contribution in [3.05, 3.63) is 59.7 Å². The Morgan fingerprint density at radius 1 is 1.15 bits per heavy atom. The molecule has 0 saturated carbocycles. The summed E-state index contributed by atoms with van der Waals surface area (Å²) < 4.78 is 0. The van der Waals surface area contributed by atoms with E-state index < -0.39 is 0 Å². The van der Waals surface area contributed by atoms with Crippen molar-refractivity contribution in [1.82, 2.24) is 4.90 Å². The first-order valence-corrected chi connectivity index (χ1v) is 7.87. The van der Waals surface area contributed by atoms with Crippen LogP contribution in [0.2, 0.25) is 0 Å². The molecule has 1 aliphatic heterocycles. The summed E-state index contributed by atoms with van der Waals surface area (Å²) in [7, 11) is 0. The van der Waals surface area contributed by atoms with Crippen molar-refractivity contribution in [3.8, 4) is 0 Å². The third-order valence-electron chi connectivity index (χ3n) is 4.91. The fourth-order valence-electron chi connectivity index (χ4n) is 3.53. The van der Waals surface area contributed by atoms with Crippen molar-refractivity contribution in [2.75, 3.05) is 6.54 Å². The Bertz CT molecular complexity index is 511. The van der Waals surface area contributed by atoms with Crippen LogP contribution >= 0.6 is 0 Å². The van der Waals surface area contributed by atoms with Gasteiger partial charge >= 0.3 is 0 Å². The molecule has 1 saturated heterocycles. The maximum absolute atomic E-state index is 2.63. The standard InChI is InChI=1S/C19H25N/c1-3-16-8-10-17(11-9-16)15-20-14-13-19(2)12-6-4-5-7-18(19)20/h5-12,18H,3-4,13-15H2,1-2H3. The first kappa shape index (κ1) is 13.6. The van der Waals surface area contributed by atoms with E-state index in [1.807, 2.05) is 0 Å². The summed E-state index contributed by atoms with van der Waals surface area (Å²) in [5.74, 6) is 0. The third kappa shape index (κ3) is 2.60. The second-order valence-electron chi connectivity index (χ2n) is 6.41. The van der Waals surface area contributed by atoms with Gasteiger partial charge < -0.3 is 0 Å². The molecule has 0 amide bonds. The molecule has 0 N–H and O–H groups in total. The summed E-state index contributed by atoms with van der Waals surface area (Å²) in [4.78, 5) is 2.63. The number of nitrogens with zero attached hydrogens (tertiary/aromatic N) is 1. The first-order chi connectivity index (χ1) is 9.71. The highest BCUT2D eigenvalue weighted by atomic mass is 15.2. The van der Waals surface area contributed by atoms with Crippen LogP contribution in [0.4, 0.5) is 0 Å². The predicted octanol–water partition coefficient (Wildman–Crippen LogP) is 4.35. The van der Waals surface area contributed by atoms with Crippen molar-refractivity contribution < 1.29 is 0 Å². The summed E-state index contributed by atoms with van der Waals surface area (Å²) >= 11 is 0. The van der Waals surface area contributed by atoms with E-state index in [1.54, 1.807) is 0 Å². The largest absolute Gasteiger partial charge is 0.292 e. The SMILES string of the molecule is CCc1ccc(CN2CCC3(C)C=CCC=CC23)cc1. The Hall–Kier alpha value is -1.34. The second-order valence-corrected chi connectivity index (χ2v) is 6.41. The van der Waals surface area contributed by atoms with E-state index in [0.29, 0.717) is 11.5 Å². The van der Waals surface area contributed by atoms with Crippen LogP contribution in [0.5, 0.6) is 0 Å². The van der Waals surface area contributed by atoms with Crippen LogP contribution in [0.3, 0.4) is 0 Å². The molecule has 1 heterocycles. The molecule has 3 rings (SSSR count). The molecule has 0 bridgehead atoms. The van der Waals surface area contributed by atoms with Gasteiger partial charge in [0.15, 0.2) is 0 Å². The third-order valence-corrected chi connectivity index (χ3v) is 4.91. The van der Waals surface area contributed by atoms with Crippen LogP contribution < -0.4 is 0 Å². The maximum Gasteiger partial charge on any atom is 0.0370 e. The topological polar surface area (TPSA) is 3.24 Å². The summed E-state index contributed by atoms with van der Waals surface area (Å²) in [6, 6.07) is 9.70. The molecule has 1 aromatic carbocycles. The van der Waals surface area contributed by atoms with Crippen molar-refractivity contribution in [2.45, 2.75) is 45.7 Å². The molecule has 2 atom stereocenters. The van der Waals surface area contributed by atoms with E-state index in [-0.39, 0.29) is 0 Å². The molecule has 1 fully saturated rings. The molecule has 0 radical (unpaired) electrons. The van der Waals surface area contributed by atoms with E-state index >= 15 is 0 Å². The summed E-state index contributed by atoms with van der Waals surface area (Å²) in [5.41, 5.74) is 3.20. The maximum atomic E-state index is 2.63. The molecule has 1 nitrogen and oxygen atoms in total. The Balaban J connectivity index is 1.76. The van der Waals surface area contributed by atoms with Crippen LogP contribution in [0.25, 0.3) is 0 Å². The smallest absolute Gasteiger partial charge is 0.0370 e. The molecular weight excluding hydrogens is 242 g/mol. The Morgan fingerprint density at radius 2 is 1.90 bits per heavy atom. The van der Waals surface area contributed by atoms with E-state index in [4.69, 9.17) is 0 Å². The molecule has 1 aromatic rings. The molecule has 20 heavy (non-hydrogen) atoms. The fourth-order valence-corrected chi connectivity index (χ4v) is 3.53. The van der Waals surface area contributed by atoms with Gasteiger partial charge in [0.05, 0.1) is 0 Å². The highest BCUT2D eigenvalue weighted by Gasteiger charge is 2.40. The monoisotopic (exact) mass is 267 g/mol. The minimum atomic E-state index is 0.330. The number of hydrogen-bond acceptors (Lipinski definition) is 1. The number of hydrogen-bond donors (Lipinski definition) is 0. The van der Waals surface area contributed by atoms with Gasteiger partial charge in [0.25, 0.3) is 0 Å². The lowest BCUT2D eigenvalue weighted by molar-refractivity contribution is 0.235. The molecule has 106 valence electrons. The van der Waals surface area contributed by atoms with Crippen molar-refractivity contribution >= 4 is 0 Å². The zero-order chi connectivity index (χ0) is 14.0. The van der Waals surface area contributed by atoms with Crippen LogP contribution in [0.15, 0.2) is 48.6 Å². The van der Waals surface area contributed by atoms with E-state index in [0.717, 1.165) is 19.4 Å². The van der Waals surface area contributed by atoms with Crippen LogP contribution in [-0.4, -0.2) is 17.5 Å². The second kappa shape index (κ2) is 5.57. The van der Waals surface area contributed by atoms with Gasteiger partial charge in [-0.3, -0.25) is 4.90 Å². The van der Waals surface area contributed by atoms with E-state index in [2.05, 4.69) is 67.3 Å². The predicted molar refractivity (Wildman–Crippen MR) is 85.6 cm³/mol. The van der Waals surface area contributed by atoms with Gasteiger partial charge in [-0.05, 0) is 36.9 Å². The van der Waals surface area contributed by atoms with Gasteiger partial charge in [-0.2, -0.15) is 0 Å². The molecule has 2 aliphatic rings. The lowest BCUT2D eigenvalue weighted by Gasteiger charge is -2.30. The van der Waals surface area contributed by atoms with Gasteiger partial charge in [-0.15, -0.1) is 0 Å². The van der Waals surface area contributed by atoms with E-state index in [1.165, 1.54) is 24.1 Å². The quantitative estimate of drug-likeness (QED) is 0.736. The summed E-state index contributed by atoms with van der Waals surface area (Å²) in [6.45, 7) is 6.89. The van der Waals surface area contributed by atoms with E-state index in [9.17, 15) is 0 Å². The van der Waals surface area contributed by atoms with Crippen LogP contribution in [0.1, 0.15) is 37.8 Å². The summed E-state index contributed by atoms with van der Waals surface area (Å²) in [6.07, 6.45) is 13.0. The Morgan fingerprint density at radius 3 is 2.65 bits per heavy atom. The number of allylic oxidation sites excluding steroid dienone is 2. The minimum Gasteiger partial charge on any atom is -0.292 e.